The van der Waals surface area contributed by atoms with Crippen molar-refractivity contribution in [3.63, 3.8) is 0 Å². The summed E-state index contributed by atoms with van der Waals surface area (Å²) in [5, 5.41) is 22.7. The zero-order valence-corrected chi connectivity index (χ0v) is 18.5. The van der Waals surface area contributed by atoms with Gasteiger partial charge >= 0.3 is 5.97 Å². The van der Waals surface area contributed by atoms with Crippen LogP contribution < -0.4 is 5.32 Å². The predicted molar refractivity (Wildman–Crippen MR) is 114 cm³/mol. The van der Waals surface area contributed by atoms with Crippen LogP contribution in [0.4, 0.5) is 5.69 Å². The molecule has 0 radical (unpaired) electrons. The number of rotatable bonds is 10. The second-order valence-electron chi connectivity index (χ2n) is 7.50. The van der Waals surface area contributed by atoms with Gasteiger partial charge in [-0.25, -0.2) is 4.79 Å². The fraction of sp³-hybridized carbons (Fsp3) is 0.500. The van der Waals surface area contributed by atoms with Crippen molar-refractivity contribution in [3.05, 3.63) is 39.9 Å². The van der Waals surface area contributed by atoms with Crippen molar-refractivity contribution in [3.8, 4) is 0 Å². The van der Waals surface area contributed by atoms with Gasteiger partial charge in [-0.15, -0.1) is 11.8 Å². The van der Waals surface area contributed by atoms with Gasteiger partial charge < -0.3 is 19.9 Å². The summed E-state index contributed by atoms with van der Waals surface area (Å²) in [6.45, 7) is 1.45. The monoisotopic (exact) mass is 481 g/mol. The Hall–Kier alpha value is -3.03. The smallest absolute Gasteiger partial charge is 0.356 e. The SMILES string of the molecule is CC(=O)NC1C(=O)N(C(O)C(=O)OCc2ccc([N+](=O)[O-])cc2)C1SCC(=O)C1CCCO1. The Balaban J connectivity index is 1.60. The molecule has 0 saturated carbocycles. The minimum Gasteiger partial charge on any atom is -0.457 e. The average molecular weight is 481 g/mol. The minimum atomic E-state index is -1.95. The number of carbonyl (C=O) groups is 4. The molecule has 2 heterocycles. The summed E-state index contributed by atoms with van der Waals surface area (Å²) < 4.78 is 10.4. The number of aliphatic hydroxyl groups excluding tert-OH is 1. The van der Waals surface area contributed by atoms with Gasteiger partial charge in [0.2, 0.25) is 12.1 Å². The number of non-ortho nitro benzene ring substituents is 1. The quantitative estimate of drug-likeness (QED) is 0.203. The molecule has 33 heavy (non-hydrogen) atoms. The van der Waals surface area contributed by atoms with Gasteiger partial charge in [0.25, 0.3) is 11.6 Å². The van der Waals surface area contributed by atoms with Crippen LogP contribution in [0.3, 0.4) is 0 Å². The van der Waals surface area contributed by atoms with E-state index in [1.807, 2.05) is 0 Å². The number of nitrogens with one attached hydrogen (secondary N) is 1. The Morgan fingerprint density at radius 2 is 2.06 bits per heavy atom. The number of amides is 2. The third-order valence-corrected chi connectivity index (χ3v) is 6.42. The fourth-order valence-electron chi connectivity index (χ4n) is 3.42. The maximum Gasteiger partial charge on any atom is 0.356 e. The van der Waals surface area contributed by atoms with Gasteiger partial charge in [-0.2, -0.15) is 0 Å². The first-order chi connectivity index (χ1) is 15.7. The van der Waals surface area contributed by atoms with E-state index in [0.29, 0.717) is 18.6 Å². The molecular formula is C20H23N3O9S. The van der Waals surface area contributed by atoms with Gasteiger partial charge in [-0.05, 0) is 30.5 Å². The number of β-lactam (4-membered cyclic amide) rings is 1. The number of hydrogen-bond donors (Lipinski definition) is 2. The second kappa shape index (κ2) is 10.7. The summed E-state index contributed by atoms with van der Waals surface area (Å²) in [4.78, 5) is 59.6. The van der Waals surface area contributed by atoms with Crippen LogP contribution in [0.25, 0.3) is 0 Å². The highest BCUT2D eigenvalue weighted by Crippen LogP contribution is 2.33. The zero-order chi connectivity index (χ0) is 24.1. The van der Waals surface area contributed by atoms with Crippen LogP contribution in [-0.2, 0) is 35.3 Å². The molecule has 12 nitrogen and oxygen atoms in total. The molecule has 2 aliphatic rings. The molecule has 2 saturated heterocycles. The van der Waals surface area contributed by atoms with Gasteiger partial charge in [0.1, 0.15) is 24.1 Å². The second-order valence-corrected chi connectivity index (χ2v) is 8.60. The molecule has 0 aliphatic carbocycles. The number of ether oxygens (including phenoxy) is 2. The topological polar surface area (TPSA) is 165 Å². The highest BCUT2D eigenvalue weighted by atomic mass is 32.2. The van der Waals surface area contributed by atoms with Gasteiger partial charge in [-0.1, -0.05) is 0 Å². The molecule has 2 amide bonds. The van der Waals surface area contributed by atoms with Crippen molar-refractivity contribution in [2.24, 2.45) is 0 Å². The van der Waals surface area contributed by atoms with Crippen LogP contribution in [0, 0.1) is 10.1 Å². The van der Waals surface area contributed by atoms with Gasteiger partial charge in [0, 0.05) is 25.7 Å². The minimum absolute atomic E-state index is 0.0280. The lowest BCUT2D eigenvalue weighted by atomic mass is 10.1. The van der Waals surface area contributed by atoms with E-state index in [9.17, 15) is 34.4 Å². The molecule has 0 bridgehead atoms. The number of carbonyl (C=O) groups excluding carboxylic acids is 4. The number of nitro benzene ring substituents is 1. The van der Waals surface area contributed by atoms with Crippen LogP contribution in [0.5, 0.6) is 0 Å². The summed E-state index contributed by atoms with van der Waals surface area (Å²) in [6, 6.07) is 4.29. The molecule has 1 aromatic rings. The molecule has 1 aromatic carbocycles. The summed E-state index contributed by atoms with van der Waals surface area (Å²) in [6.07, 6.45) is -1.07. The van der Waals surface area contributed by atoms with E-state index in [4.69, 9.17) is 9.47 Å². The van der Waals surface area contributed by atoms with E-state index in [0.717, 1.165) is 23.1 Å². The summed E-state index contributed by atoms with van der Waals surface area (Å²) in [5.74, 6) is -2.47. The standard InChI is InChI=1S/C20H23N3O9S/c1-11(24)21-16-17(26)22(19(16)33-10-14(25)15-3-2-8-31-15)18(27)20(28)32-9-12-4-6-13(7-5-12)23(29)30/h4-7,15-16,18-19,27H,2-3,8-10H2,1H3,(H,21,24). The van der Waals surface area contributed by atoms with E-state index >= 15 is 0 Å². The average Bonchev–Trinajstić information content (AvgIpc) is 3.33. The third-order valence-electron chi connectivity index (χ3n) is 5.13. The molecule has 3 rings (SSSR count). The van der Waals surface area contributed by atoms with E-state index in [-0.39, 0.29) is 23.8 Å². The van der Waals surface area contributed by atoms with E-state index in [1.54, 1.807) is 0 Å². The number of aliphatic hydroxyl groups is 1. The first-order valence-electron chi connectivity index (χ1n) is 10.1. The largest absolute Gasteiger partial charge is 0.457 e. The Bertz CT molecular complexity index is 933. The summed E-state index contributed by atoms with van der Waals surface area (Å²) in [7, 11) is 0. The number of esters is 1. The van der Waals surface area contributed by atoms with Crippen molar-refractivity contribution < 1.29 is 38.7 Å². The van der Waals surface area contributed by atoms with E-state index in [2.05, 4.69) is 5.32 Å². The lowest BCUT2D eigenvalue weighted by Crippen LogP contribution is -2.73. The van der Waals surface area contributed by atoms with Crippen molar-refractivity contribution in [2.45, 2.75) is 50.1 Å². The molecular weight excluding hydrogens is 458 g/mol. The number of nitro groups is 1. The van der Waals surface area contributed by atoms with Crippen LogP contribution in [0.1, 0.15) is 25.3 Å². The maximum absolute atomic E-state index is 12.5. The molecule has 13 heteroatoms. The molecule has 0 aromatic heterocycles. The Morgan fingerprint density at radius 1 is 1.36 bits per heavy atom. The Labute approximate surface area is 192 Å². The van der Waals surface area contributed by atoms with E-state index < -0.39 is 46.5 Å². The van der Waals surface area contributed by atoms with Gasteiger partial charge in [-0.3, -0.25) is 29.4 Å². The Kier molecular flexibility index (Phi) is 8.00. The molecule has 2 aliphatic heterocycles. The number of thioether (sulfide) groups is 1. The number of benzene rings is 1. The highest BCUT2D eigenvalue weighted by Gasteiger charge is 2.53. The van der Waals surface area contributed by atoms with Crippen molar-refractivity contribution in [2.75, 3.05) is 12.4 Å². The number of ketones is 1. The van der Waals surface area contributed by atoms with Crippen LogP contribution in [0.15, 0.2) is 24.3 Å². The molecule has 4 atom stereocenters. The maximum atomic E-state index is 12.5. The summed E-state index contributed by atoms with van der Waals surface area (Å²) in [5.41, 5.74) is 0.318. The number of Topliss-reactive ketones (excluding diaryl/α,β-unsaturated/α-hetero) is 1. The van der Waals surface area contributed by atoms with Crippen LogP contribution >= 0.6 is 11.8 Å². The van der Waals surface area contributed by atoms with Gasteiger partial charge in [0.15, 0.2) is 5.78 Å². The van der Waals surface area contributed by atoms with Crippen LogP contribution in [-0.4, -0.2) is 74.6 Å². The highest BCUT2D eigenvalue weighted by molar-refractivity contribution is 8.00. The summed E-state index contributed by atoms with van der Waals surface area (Å²) >= 11 is 1.01. The van der Waals surface area contributed by atoms with Crippen molar-refractivity contribution in [1.82, 2.24) is 10.2 Å². The predicted octanol–water partition coefficient (Wildman–Crippen LogP) is 0.111. The molecule has 178 valence electrons. The zero-order valence-electron chi connectivity index (χ0n) is 17.7. The Morgan fingerprint density at radius 3 is 2.64 bits per heavy atom. The first kappa shape index (κ1) is 24.6. The lowest BCUT2D eigenvalue weighted by molar-refractivity contribution is -0.384. The molecule has 2 fully saturated rings. The first-order valence-corrected chi connectivity index (χ1v) is 11.2. The third kappa shape index (κ3) is 5.86. The van der Waals surface area contributed by atoms with Gasteiger partial charge in [0.05, 0.1) is 10.7 Å². The van der Waals surface area contributed by atoms with Crippen LogP contribution in [0.2, 0.25) is 0 Å². The molecule has 2 N–H and O–H groups in total. The number of nitrogens with zero attached hydrogens (tertiary/aromatic N) is 2. The lowest BCUT2D eigenvalue weighted by Gasteiger charge is -2.47. The number of hydrogen-bond acceptors (Lipinski definition) is 10. The van der Waals surface area contributed by atoms with Crippen molar-refractivity contribution in [1.29, 1.82) is 0 Å². The van der Waals surface area contributed by atoms with E-state index in [1.165, 1.54) is 31.2 Å². The number of likely N-dealkylation sites (tertiary alicyclic amines) is 1. The molecule has 0 spiro atoms. The molecule has 4 unspecified atom stereocenters. The normalized spacial score (nSPS) is 22.9. The fourth-order valence-corrected chi connectivity index (χ4v) is 4.70. The van der Waals surface area contributed by atoms with Crippen molar-refractivity contribution >= 4 is 41.0 Å².